The Morgan fingerprint density at radius 3 is 2.29 bits per heavy atom. The number of carbonyl (C=O) groups excluding carboxylic acids is 1. The number of piperidine rings is 1. The number of sulfonamides is 1. The highest BCUT2D eigenvalue weighted by Crippen LogP contribution is 2.32. The third-order valence-corrected chi connectivity index (χ3v) is 10.9. The molecule has 1 aromatic heterocycles. The fourth-order valence-electron chi connectivity index (χ4n) is 5.60. The van der Waals surface area contributed by atoms with Crippen molar-refractivity contribution in [1.82, 2.24) is 14.1 Å². The first-order valence-corrected chi connectivity index (χ1v) is 17.0. The zero-order valence-electron chi connectivity index (χ0n) is 24.2. The van der Waals surface area contributed by atoms with Gasteiger partial charge in [0.25, 0.3) is 0 Å². The summed E-state index contributed by atoms with van der Waals surface area (Å²) in [5.41, 5.74) is 2.20. The predicted octanol–water partition coefficient (Wildman–Crippen LogP) is 6.48. The number of likely N-dealkylation sites (tertiary alicyclic amines) is 1. The molecule has 0 N–H and O–H groups in total. The van der Waals surface area contributed by atoms with Gasteiger partial charge >= 0.3 is 6.09 Å². The molecule has 1 atom stereocenters. The van der Waals surface area contributed by atoms with E-state index in [1.54, 1.807) is 42.6 Å². The van der Waals surface area contributed by atoms with Gasteiger partial charge in [0.15, 0.2) is 0 Å². The van der Waals surface area contributed by atoms with Crippen molar-refractivity contribution >= 4 is 39.9 Å². The summed E-state index contributed by atoms with van der Waals surface area (Å²) in [6.45, 7) is 4.28. The van der Waals surface area contributed by atoms with Crippen LogP contribution < -0.4 is 0 Å². The van der Waals surface area contributed by atoms with E-state index in [0.717, 1.165) is 51.0 Å². The van der Waals surface area contributed by atoms with E-state index in [2.05, 4.69) is 21.7 Å². The number of hydrogen-bond donors (Lipinski definition) is 0. The molecule has 1 saturated carbocycles. The van der Waals surface area contributed by atoms with Gasteiger partial charge in [0.2, 0.25) is 10.0 Å². The van der Waals surface area contributed by atoms with Crippen LogP contribution in [0.3, 0.4) is 0 Å². The molecule has 0 spiro atoms. The van der Waals surface area contributed by atoms with Crippen LogP contribution in [0.25, 0.3) is 0 Å². The van der Waals surface area contributed by atoms with Crippen LogP contribution >= 0.6 is 23.7 Å². The zero-order valence-corrected chi connectivity index (χ0v) is 26.7. The molecule has 5 rings (SSSR count). The quantitative estimate of drug-likeness (QED) is 0.216. The topological polar surface area (TPSA) is 70.2 Å². The van der Waals surface area contributed by atoms with Gasteiger partial charge in [0.1, 0.15) is 6.61 Å². The molecule has 0 bridgehead atoms. The molecule has 2 heterocycles. The number of halogens is 1. The van der Waals surface area contributed by atoms with Crippen molar-refractivity contribution < 1.29 is 17.9 Å². The van der Waals surface area contributed by atoms with E-state index in [-0.39, 0.29) is 30.5 Å². The number of likely N-dealkylation sites (N-methyl/N-ethyl adjacent to an activating group) is 1. The summed E-state index contributed by atoms with van der Waals surface area (Å²) in [6.07, 6.45) is 4.93. The molecule has 7 nitrogen and oxygen atoms in total. The smallest absolute Gasteiger partial charge is 0.410 e. The lowest BCUT2D eigenvalue weighted by atomic mass is 9.97. The van der Waals surface area contributed by atoms with E-state index in [4.69, 9.17) is 4.74 Å². The third-order valence-electron chi connectivity index (χ3n) is 8.33. The lowest BCUT2D eigenvalue weighted by Gasteiger charge is -2.38. The number of nitrogens with zero attached hydrogens (tertiary/aromatic N) is 3. The van der Waals surface area contributed by atoms with Gasteiger partial charge < -0.3 is 14.5 Å². The number of amides is 1. The number of carbonyl (C=O) groups is 1. The molecule has 2 aliphatic rings. The minimum absolute atomic E-state index is 0. The second kappa shape index (κ2) is 15.3. The highest BCUT2D eigenvalue weighted by atomic mass is 35.5. The van der Waals surface area contributed by atoms with E-state index < -0.39 is 10.0 Å². The van der Waals surface area contributed by atoms with Gasteiger partial charge in [0.05, 0.1) is 4.90 Å². The highest BCUT2D eigenvalue weighted by Gasteiger charge is 2.34. The average Bonchev–Trinajstić information content (AvgIpc) is 3.67. The molecule has 0 unspecified atom stereocenters. The Balaban J connectivity index is 0.00000405. The van der Waals surface area contributed by atoms with Gasteiger partial charge in [-0.3, -0.25) is 0 Å². The molecule has 1 amide bonds. The summed E-state index contributed by atoms with van der Waals surface area (Å²) in [7, 11) is -1.87. The summed E-state index contributed by atoms with van der Waals surface area (Å²) >= 11 is 1.65. The van der Waals surface area contributed by atoms with Crippen molar-refractivity contribution in [1.29, 1.82) is 0 Å². The van der Waals surface area contributed by atoms with E-state index in [1.165, 1.54) is 22.7 Å². The lowest BCUT2D eigenvalue weighted by Crippen LogP contribution is -2.48. The van der Waals surface area contributed by atoms with Crippen molar-refractivity contribution in [2.75, 3.05) is 39.8 Å². The van der Waals surface area contributed by atoms with Crippen LogP contribution in [-0.4, -0.2) is 74.4 Å². The third kappa shape index (κ3) is 8.80. The molecule has 42 heavy (non-hydrogen) atoms. The lowest BCUT2D eigenvalue weighted by molar-refractivity contribution is 0.0580. The van der Waals surface area contributed by atoms with Gasteiger partial charge in [-0.05, 0) is 90.6 Å². The maximum absolute atomic E-state index is 13.2. The molecule has 228 valence electrons. The minimum Gasteiger partial charge on any atom is -0.445 e. The summed E-state index contributed by atoms with van der Waals surface area (Å²) in [5, 5.41) is 4.20. The van der Waals surface area contributed by atoms with E-state index in [0.29, 0.717) is 24.0 Å². The van der Waals surface area contributed by atoms with Crippen molar-refractivity contribution in [3.05, 3.63) is 88.6 Å². The first kappa shape index (κ1) is 32.5. The van der Waals surface area contributed by atoms with Crippen molar-refractivity contribution in [3.63, 3.8) is 0 Å². The zero-order chi connectivity index (χ0) is 28.7. The van der Waals surface area contributed by atoms with Crippen LogP contribution in [0.5, 0.6) is 0 Å². The summed E-state index contributed by atoms with van der Waals surface area (Å²) in [4.78, 5) is 17.9. The maximum atomic E-state index is 13.2. The van der Waals surface area contributed by atoms with E-state index in [9.17, 15) is 13.2 Å². The van der Waals surface area contributed by atoms with Crippen molar-refractivity contribution in [2.24, 2.45) is 5.92 Å². The number of benzene rings is 2. The van der Waals surface area contributed by atoms with Gasteiger partial charge in [-0.25, -0.2) is 17.5 Å². The fourth-order valence-corrected chi connectivity index (χ4v) is 7.58. The maximum Gasteiger partial charge on any atom is 0.410 e. The second-order valence-corrected chi connectivity index (χ2v) is 14.2. The van der Waals surface area contributed by atoms with Gasteiger partial charge in [-0.2, -0.15) is 11.3 Å². The molecule has 3 aromatic rings. The van der Waals surface area contributed by atoms with E-state index >= 15 is 0 Å². The molecule has 0 radical (unpaired) electrons. The summed E-state index contributed by atoms with van der Waals surface area (Å²) in [6, 6.07) is 20.8. The molecule has 2 aromatic carbocycles. The highest BCUT2D eigenvalue weighted by molar-refractivity contribution is 7.89. The Labute approximate surface area is 260 Å². The van der Waals surface area contributed by atoms with Crippen LogP contribution in [0.2, 0.25) is 0 Å². The van der Waals surface area contributed by atoms with Crippen LogP contribution in [0, 0.1) is 5.92 Å². The Bertz CT molecular complexity index is 1330. The number of rotatable bonds is 13. The number of hydrogen-bond acceptors (Lipinski definition) is 6. The minimum atomic E-state index is -3.55. The van der Waals surface area contributed by atoms with Crippen molar-refractivity contribution in [3.8, 4) is 0 Å². The first-order valence-electron chi connectivity index (χ1n) is 14.6. The molecule has 2 fully saturated rings. The van der Waals surface area contributed by atoms with Crippen LogP contribution in [0.15, 0.2) is 82.4 Å². The second-order valence-electron chi connectivity index (χ2n) is 11.3. The molecule has 1 saturated heterocycles. The average molecular weight is 632 g/mol. The van der Waals surface area contributed by atoms with Gasteiger partial charge in [0, 0.05) is 39.3 Å². The Morgan fingerprint density at radius 2 is 1.67 bits per heavy atom. The number of ether oxygens (including phenoxy) is 1. The summed E-state index contributed by atoms with van der Waals surface area (Å²) in [5.74, 6) is 0.717. The van der Waals surface area contributed by atoms with Crippen molar-refractivity contribution in [2.45, 2.75) is 55.6 Å². The Kier molecular flexibility index (Phi) is 11.9. The Morgan fingerprint density at radius 1 is 1.00 bits per heavy atom. The predicted molar refractivity (Wildman–Crippen MR) is 171 cm³/mol. The summed E-state index contributed by atoms with van der Waals surface area (Å²) < 4.78 is 33.6. The molecule has 1 aliphatic heterocycles. The molecule has 1 aliphatic carbocycles. The molecule has 10 heteroatoms. The monoisotopic (exact) mass is 631 g/mol. The number of thiophene rings is 1. The van der Waals surface area contributed by atoms with Crippen LogP contribution in [-0.2, 0) is 21.4 Å². The Hall–Kier alpha value is -2.43. The largest absolute Gasteiger partial charge is 0.445 e. The van der Waals surface area contributed by atoms with E-state index in [1.807, 2.05) is 41.3 Å². The van der Waals surface area contributed by atoms with Gasteiger partial charge in [-0.15, -0.1) is 12.4 Å². The molecular weight excluding hydrogens is 590 g/mol. The normalized spacial score (nSPS) is 17.0. The van der Waals surface area contributed by atoms with Crippen LogP contribution in [0.4, 0.5) is 4.79 Å². The molecular formula is C32H42ClN3O4S2. The standard InChI is InChI=1S/C32H41N3O4S2.ClH/c1-33(41(37,38)31-10-6-3-7-11-31)23-28(29-17-21-40-25-29)14-18-34-19-15-30(16-20-34)35(22-26-12-13-26)32(36)39-24-27-8-4-2-5-9-27;/h2-11,17,21,25-26,28,30H,12-16,18-20,22-24H2,1H3;1H/t28-;/m1./s1. The fraction of sp³-hybridized carbons (Fsp3) is 0.469. The van der Waals surface area contributed by atoms with Gasteiger partial charge in [-0.1, -0.05) is 48.5 Å². The SMILES string of the molecule is CN(C[C@@H](CCN1CCC(N(CC2CC2)C(=O)OCc2ccccc2)CC1)c1ccsc1)S(=O)(=O)c1ccccc1.Cl. The first-order chi connectivity index (χ1) is 19.9. The van der Waals surface area contributed by atoms with Crippen LogP contribution in [0.1, 0.15) is 49.1 Å².